The third kappa shape index (κ3) is 4.74. The Morgan fingerprint density at radius 3 is 2.50 bits per heavy atom. The largest absolute Gasteiger partial charge is 0.341 e. The van der Waals surface area contributed by atoms with E-state index in [9.17, 15) is 4.79 Å². The van der Waals surface area contributed by atoms with E-state index in [2.05, 4.69) is 29.1 Å². The van der Waals surface area contributed by atoms with Gasteiger partial charge in [0.2, 0.25) is 11.9 Å². The predicted molar refractivity (Wildman–Crippen MR) is 144 cm³/mol. The Morgan fingerprint density at radius 2 is 1.86 bits per heavy atom. The molecule has 1 aromatic carbocycles. The molecule has 10 heteroatoms. The quantitative estimate of drug-likeness (QED) is 0.535. The lowest BCUT2D eigenvalue weighted by Crippen LogP contribution is -2.50. The molecule has 2 aliphatic rings. The van der Waals surface area contributed by atoms with Crippen molar-refractivity contribution in [1.29, 1.82) is 0 Å². The number of nitrogens with one attached hydrogen (secondary N) is 1. The number of likely N-dealkylation sites (tertiary alicyclic amines) is 1. The van der Waals surface area contributed by atoms with Gasteiger partial charge in [-0.1, -0.05) is 11.6 Å². The zero-order valence-electron chi connectivity index (χ0n) is 21.5. The number of halogens is 1. The van der Waals surface area contributed by atoms with E-state index in [1.165, 1.54) is 0 Å². The molecule has 36 heavy (non-hydrogen) atoms. The van der Waals surface area contributed by atoms with E-state index in [1.54, 1.807) is 0 Å². The molecule has 0 spiro atoms. The Bertz CT molecular complexity index is 1230. The fourth-order valence-corrected chi connectivity index (χ4v) is 5.57. The molecule has 2 aromatic heterocycles. The van der Waals surface area contributed by atoms with Crippen molar-refractivity contribution in [3.05, 3.63) is 35.0 Å². The molecule has 1 amide bonds. The summed E-state index contributed by atoms with van der Waals surface area (Å²) in [6.07, 6.45) is 3.84. The highest BCUT2D eigenvalue weighted by Gasteiger charge is 2.34. The van der Waals surface area contributed by atoms with Crippen molar-refractivity contribution in [3.8, 4) is 0 Å². The average Bonchev–Trinajstić information content (AvgIpc) is 3.47. The van der Waals surface area contributed by atoms with Gasteiger partial charge in [0.25, 0.3) is 0 Å². The number of benzene rings is 1. The summed E-state index contributed by atoms with van der Waals surface area (Å²) in [7, 11) is 4.02. The summed E-state index contributed by atoms with van der Waals surface area (Å²) >= 11 is 6.08. The van der Waals surface area contributed by atoms with Gasteiger partial charge in [-0.05, 0) is 77.4 Å². The summed E-state index contributed by atoms with van der Waals surface area (Å²) in [5.41, 5.74) is 2.63. The predicted octanol–water partition coefficient (Wildman–Crippen LogP) is 4.07. The van der Waals surface area contributed by atoms with Crippen molar-refractivity contribution >= 4 is 46.0 Å². The molecule has 192 valence electrons. The first-order valence-electron chi connectivity index (χ1n) is 12.8. The summed E-state index contributed by atoms with van der Waals surface area (Å²) in [6.45, 7) is 7.39. The highest BCUT2D eigenvalue weighted by molar-refractivity contribution is 6.30. The van der Waals surface area contributed by atoms with E-state index in [-0.39, 0.29) is 18.0 Å². The molecule has 1 atom stereocenters. The lowest BCUT2D eigenvalue weighted by atomic mass is 10.0. The van der Waals surface area contributed by atoms with Gasteiger partial charge in [-0.15, -0.1) is 0 Å². The number of aryl methyl sites for hydroxylation is 2. The maximum atomic E-state index is 13.1. The number of carbonyl (C=O) groups is 1. The molecule has 0 bridgehead atoms. The first kappa shape index (κ1) is 24.8. The van der Waals surface area contributed by atoms with Gasteiger partial charge in [0.1, 0.15) is 5.82 Å². The smallest absolute Gasteiger partial charge is 0.239 e. The van der Waals surface area contributed by atoms with Crippen molar-refractivity contribution in [2.75, 3.05) is 43.9 Å². The van der Waals surface area contributed by atoms with Crippen LogP contribution >= 0.6 is 11.6 Å². The standard InChI is InChI=1S/C26H35ClN8O/c1-5-35-24-22(17(2)31-35)23(28-19-10-8-18(27)9-11-19)29-26(30-24)34-15-12-20(13-16-34)33(4)25(36)21-7-6-14-32(21)3/h8-11,20-21H,5-7,12-16H2,1-4H3,(H,28,29,30). The number of hydrogen-bond donors (Lipinski definition) is 1. The molecule has 0 aliphatic carbocycles. The topological polar surface area (TPSA) is 82.4 Å². The Labute approximate surface area is 217 Å². The first-order chi connectivity index (χ1) is 17.4. The van der Waals surface area contributed by atoms with Crippen LogP contribution in [0.1, 0.15) is 38.3 Å². The minimum Gasteiger partial charge on any atom is -0.341 e. The lowest BCUT2D eigenvalue weighted by molar-refractivity contribution is -0.136. The number of hydrogen-bond acceptors (Lipinski definition) is 7. The zero-order valence-corrected chi connectivity index (χ0v) is 22.3. The van der Waals surface area contributed by atoms with E-state index >= 15 is 0 Å². The van der Waals surface area contributed by atoms with Crippen LogP contribution in [0.5, 0.6) is 0 Å². The fourth-order valence-electron chi connectivity index (χ4n) is 5.45. The van der Waals surface area contributed by atoms with E-state index in [0.29, 0.717) is 11.0 Å². The number of nitrogens with zero attached hydrogens (tertiary/aromatic N) is 7. The Morgan fingerprint density at radius 1 is 1.14 bits per heavy atom. The van der Waals surface area contributed by atoms with Gasteiger partial charge in [-0.3, -0.25) is 9.69 Å². The molecule has 2 saturated heterocycles. The minimum atomic E-state index is 0.0258. The van der Waals surface area contributed by atoms with Crippen LogP contribution in [0.15, 0.2) is 24.3 Å². The van der Waals surface area contributed by atoms with Gasteiger partial charge in [0, 0.05) is 43.4 Å². The second-order valence-corrected chi connectivity index (χ2v) is 10.3. The number of likely N-dealkylation sites (N-methyl/N-ethyl adjacent to an activating group) is 2. The fraction of sp³-hybridized carbons (Fsp3) is 0.538. The molecule has 2 fully saturated rings. The summed E-state index contributed by atoms with van der Waals surface area (Å²) in [4.78, 5) is 29.4. The van der Waals surface area contributed by atoms with Crippen LogP contribution in [0.3, 0.4) is 0 Å². The maximum Gasteiger partial charge on any atom is 0.239 e. The second kappa shape index (κ2) is 10.2. The SMILES string of the molecule is CCn1nc(C)c2c(Nc3ccc(Cl)cc3)nc(N3CCC(N(C)C(=O)C4CCCN4C)CC3)nc21. The van der Waals surface area contributed by atoms with E-state index < -0.39 is 0 Å². The van der Waals surface area contributed by atoms with Gasteiger partial charge in [-0.2, -0.15) is 15.1 Å². The number of rotatable bonds is 6. The van der Waals surface area contributed by atoms with Crippen molar-refractivity contribution in [3.63, 3.8) is 0 Å². The van der Waals surface area contributed by atoms with Gasteiger partial charge in [-0.25, -0.2) is 4.68 Å². The van der Waals surface area contributed by atoms with Crippen LogP contribution in [-0.2, 0) is 11.3 Å². The zero-order chi connectivity index (χ0) is 25.4. The summed E-state index contributed by atoms with van der Waals surface area (Å²) in [5, 5.41) is 9.77. The number of amides is 1. The maximum absolute atomic E-state index is 13.1. The molecule has 1 N–H and O–H groups in total. The lowest BCUT2D eigenvalue weighted by Gasteiger charge is -2.38. The second-order valence-electron chi connectivity index (χ2n) is 9.91. The molecular formula is C26H35ClN8O. The third-order valence-corrected chi connectivity index (χ3v) is 7.86. The number of aromatic nitrogens is 4. The van der Waals surface area contributed by atoms with Crippen LogP contribution in [0.25, 0.3) is 11.0 Å². The average molecular weight is 511 g/mol. The van der Waals surface area contributed by atoms with E-state index in [0.717, 1.165) is 80.1 Å². The summed E-state index contributed by atoms with van der Waals surface area (Å²) in [6, 6.07) is 7.86. The van der Waals surface area contributed by atoms with Crippen LogP contribution in [-0.4, -0.2) is 81.3 Å². The van der Waals surface area contributed by atoms with Crippen molar-refractivity contribution in [2.24, 2.45) is 0 Å². The number of piperidine rings is 1. The van der Waals surface area contributed by atoms with Crippen LogP contribution in [0.4, 0.5) is 17.5 Å². The third-order valence-electron chi connectivity index (χ3n) is 7.61. The van der Waals surface area contributed by atoms with Crippen molar-refractivity contribution in [1.82, 2.24) is 29.5 Å². The van der Waals surface area contributed by atoms with Crippen LogP contribution in [0.2, 0.25) is 5.02 Å². The van der Waals surface area contributed by atoms with E-state index in [4.69, 9.17) is 26.7 Å². The monoisotopic (exact) mass is 510 g/mol. The molecule has 1 unspecified atom stereocenters. The van der Waals surface area contributed by atoms with Crippen molar-refractivity contribution in [2.45, 2.75) is 58.2 Å². The molecule has 9 nitrogen and oxygen atoms in total. The Kier molecular flexibility index (Phi) is 7.03. The van der Waals surface area contributed by atoms with Crippen LogP contribution < -0.4 is 10.2 Å². The van der Waals surface area contributed by atoms with E-state index in [1.807, 2.05) is 47.8 Å². The summed E-state index contributed by atoms with van der Waals surface area (Å²) < 4.78 is 1.93. The highest BCUT2D eigenvalue weighted by Crippen LogP contribution is 2.31. The molecule has 5 rings (SSSR count). The Balaban J connectivity index is 1.37. The minimum absolute atomic E-state index is 0.0258. The molecule has 4 heterocycles. The molecule has 0 radical (unpaired) electrons. The van der Waals surface area contributed by atoms with Gasteiger partial charge < -0.3 is 15.1 Å². The Hall–Kier alpha value is -2.91. The van der Waals surface area contributed by atoms with Gasteiger partial charge in [0.15, 0.2) is 5.65 Å². The van der Waals surface area contributed by atoms with Crippen molar-refractivity contribution < 1.29 is 4.79 Å². The normalized spacial score (nSPS) is 19.2. The molecule has 2 aliphatic heterocycles. The number of carbonyl (C=O) groups excluding carboxylic acids is 1. The molecule has 0 saturated carbocycles. The molecular weight excluding hydrogens is 476 g/mol. The number of anilines is 3. The van der Waals surface area contributed by atoms with Gasteiger partial charge >= 0.3 is 0 Å². The van der Waals surface area contributed by atoms with Gasteiger partial charge in [0.05, 0.1) is 17.1 Å². The van der Waals surface area contributed by atoms with Crippen LogP contribution in [0, 0.1) is 6.92 Å². The number of fused-ring (bicyclic) bond motifs is 1. The molecule has 3 aromatic rings. The highest BCUT2D eigenvalue weighted by atomic mass is 35.5. The first-order valence-corrected chi connectivity index (χ1v) is 13.2. The summed E-state index contributed by atoms with van der Waals surface area (Å²) in [5.74, 6) is 1.69.